The van der Waals surface area contributed by atoms with Crippen molar-refractivity contribution in [3.05, 3.63) is 119 Å². The van der Waals surface area contributed by atoms with Crippen LogP contribution in [0, 0.1) is 47.4 Å². The van der Waals surface area contributed by atoms with Crippen LogP contribution in [-0.2, 0) is 0 Å². The fourth-order valence-electron chi connectivity index (χ4n) is 3.89. The molecule has 0 N–H and O–H groups in total. The van der Waals surface area contributed by atoms with Gasteiger partial charge in [-0.15, -0.1) is 0 Å². The second kappa shape index (κ2) is 11.5. The van der Waals surface area contributed by atoms with Gasteiger partial charge < -0.3 is 0 Å². The Kier molecular flexibility index (Phi) is 7.31. The molecule has 0 heterocycles. The second-order valence-electron chi connectivity index (χ2n) is 8.52. The molecule has 168 valence electrons. The molecule has 0 atom stereocenters. The highest BCUT2D eigenvalue weighted by atomic mass is 14.0. The van der Waals surface area contributed by atoms with Crippen LogP contribution in [0.4, 0.5) is 0 Å². The first-order chi connectivity index (χ1) is 17.8. The van der Waals surface area contributed by atoms with Gasteiger partial charge in [-0.25, -0.2) is 0 Å². The normalized spacial score (nSPS) is 12.0. The molecular weight excluding hydrogens is 432 g/mol. The lowest BCUT2D eigenvalue weighted by Gasteiger charge is -2.02. The van der Waals surface area contributed by atoms with Crippen LogP contribution in [0.3, 0.4) is 0 Å². The van der Waals surface area contributed by atoms with Gasteiger partial charge in [0.1, 0.15) is 0 Å². The Balaban J connectivity index is 1.38. The van der Waals surface area contributed by atoms with E-state index in [0.29, 0.717) is 0 Å². The average molecular weight is 457 g/mol. The first-order valence-electron chi connectivity index (χ1n) is 12.2. The number of hydrogen-bond donors (Lipinski definition) is 0. The summed E-state index contributed by atoms with van der Waals surface area (Å²) in [7, 11) is 0. The van der Waals surface area contributed by atoms with E-state index in [2.05, 4.69) is 144 Å². The van der Waals surface area contributed by atoms with E-state index >= 15 is 0 Å². The molecule has 0 aliphatic heterocycles. The monoisotopic (exact) mass is 456 g/mol. The Morgan fingerprint density at radius 1 is 0.278 bits per heavy atom. The van der Waals surface area contributed by atoms with Gasteiger partial charge in [0.05, 0.1) is 0 Å². The summed E-state index contributed by atoms with van der Waals surface area (Å²) in [6.45, 7) is 0. The Morgan fingerprint density at radius 3 is 0.667 bits per heavy atom. The van der Waals surface area contributed by atoms with Gasteiger partial charge in [0.25, 0.3) is 0 Å². The number of rotatable bonds is 0. The van der Waals surface area contributed by atoms with Gasteiger partial charge >= 0.3 is 0 Å². The van der Waals surface area contributed by atoms with Crippen LogP contribution in [0.2, 0.25) is 0 Å². The quantitative estimate of drug-likeness (QED) is 0.238. The maximum atomic E-state index is 3.25. The fourth-order valence-corrected chi connectivity index (χ4v) is 3.89. The average Bonchev–Trinajstić information content (AvgIpc) is 2.93. The molecule has 0 radical (unpaired) electrons. The molecule has 7 aliphatic carbocycles. The van der Waals surface area contributed by atoms with Crippen molar-refractivity contribution in [3.8, 4) is 69.6 Å². The molecule has 0 aromatic heterocycles. The predicted octanol–water partition coefficient (Wildman–Crippen LogP) is 7.70. The topological polar surface area (TPSA) is 0 Å². The van der Waals surface area contributed by atoms with Crippen molar-refractivity contribution in [3.63, 3.8) is 0 Å². The number of benzene rings is 4. The third-order valence-corrected chi connectivity index (χ3v) is 5.89. The van der Waals surface area contributed by atoms with E-state index in [-0.39, 0.29) is 0 Å². The maximum absolute atomic E-state index is 3.25. The SMILES string of the molecule is C1#Cc2ccc(cc2)-c2ccc(cc2)C#CCCC#Cc2ccc(cc2)-c2ccc(cc2)C#CCC1. The van der Waals surface area contributed by atoms with E-state index in [1.165, 1.54) is 22.3 Å². The largest absolute Gasteiger partial charge is 0.0969 e. The van der Waals surface area contributed by atoms with Crippen molar-refractivity contribution in [1.29, 1.82) is 0 Å². The van der Waals surface area contributed by atoms with Crippen molar-refractivity contribution in [2.24, 2.45) is 0 Å². The van der Waals surface area contributed by atoms with E-state index in [9.17, 15) is 0 Å². The number of hydrogen-bond acceptors (Lipinski definition) is 0. The molecule has 36 heavy (non-hydrogen) atoms. The van der Waals surface area contributed by atoms with Gasteiger partial charge in [-0.3, -0.25) is 0 Å². The van der Waals surface area contributed by atoms with Crippen molar-refractivity contribution in [2.75, 3.05) is 0 Å². The minimum absolute atomic E-state index is 0.755. The molecule has 0 heteroatoms. The van der Waals surface area contributed by atoms with Gasteiger partial charge in [-0.2, -0.15) is 0 Å². The zero-order valence-corrected chi connectivity index (χ0v) is 20.1. The molecule has 0 fully saturated rings. The first kappa shape index (κ1) is 22.9. The van der Waals surface area contributed by atoms with Gasteiger partial charge in [-0.1, -0.05) is 95.9 Å². The molecule has 7 aliphatic rings. The highest BCUT2D eigenvalue weighted by Crippen LogP contribution is 2.21. The minimum Gasteiger partial charge on any atom is -0.0969 e. The highest BCUT2D eigenvalue weighted by molar-refractivity contribution is 5.66. The molecule has 0 saturated carbocycles. The molecular formula is C36H24. The van der Waals surface area contributed by atoms with Crippen LogP contribution >= 0.6 is 0 Å². The standard InChI is InChI=1S/C36H24/c1-2-6-10-30-15-23-34(24-16-30)36-27-19-32(20-28-36)12-8-4-3-7-11-31-17-25-35(26-18-31)33-21-13-29(9-5-1)14-22-33/h13-28H,1-4H2. The predicted molar refractivity (Wildman–Crippen MR) is 150 cm³/mol. The summed E-state index contributed by atoms with van der Waals surface area (Å²) in [5, 5.41) is 0. The Hall–Kier alpha value is -4.88. The van der Waals surface area contributed by atoms with E-state index in [1.807, 2.05) is 0 Å². The summed E-state index contributed by atoms with van der Waals surface area (Å²) < 4.78 is 0. The Morgan fingerprint density at radius 2 is 0.472 bits per heavy atom. The molecule has 11 rings (SSSR count). The first-order valence-corrected chi connectivity index (χ1v) is 12.2. The lowest BCUT2D eigenvalue weighted by Crippen LogP contribution is -1.81. The minimum atomic E-state index is 0.755. The highest BCUT2D eigenvalue weighted by Gasteiger charge is 1.99. The smallest absolute Gasteiger partial charge is 0.0245 e. The van der Waals surface area contributed by atoms with Crippen molar-refractivity contribution in [2.45, 2.75) is 25.7 Å². The van der Waals surface area contributed by atoms with Crippen molar-refractivity contribution in [1.82, 2.24) is 0 Å². The maximum Gasteiger partial charge on any atom is 0.0245 e. The van der Waals surface area contributed by atoms with Crippen LogP contribution in [0.15, 0.2) is 97.1 Å². The van der Waals surface area contributed by atoms with Gasteiger partial charge in [-0.05, 0) is 70.8 Å². The molecule has 0 unspecified atom stereocenters. The Bertz CT molecular complexity index is 1330. The third-order valence-electron chi connectivity index (χ3n) is 5.89. The van der Waals surface area contributed by atoms with E-state index < -0.39 is 0 Å². The Labute approximate surface area is 214 Å². The lowest BCUT2D eigenvalue weighted by atomic mass is 10.0. The fraction of sp³-hybridized carbons (Fsp3) is 0.111. The summed E-state index contributed by atoms with van der Waals surface area (Å²) in [5.74, 6) is 26.0. The van der Waals surface area contributed by atoms with Crippen molar-refractivity contribution >= 4 is 0 Å². The van der Waals surface area contributed by atoms with E-state index in [4.69, 9.17) is 0 Å². The summed E-state index contributed by atoms with van der Waals surface area (Å²) in [4.78, 5) is 0. The summed E-state index contributed by atoms with van der Waals surface area (Å²) >= 11 is 0. The van der Waals surface area contributed by atoms with E-state index in [0.717, 1.165) is 47.9 Å². The molecule has 0 saturated heterocycles. The molecule has 0 nitrogen and oxygen atoms in total. The van der Waals surface area contributed by atoms with Crippen molar-refractivity contribution < 1.29 is 0 Å². The third kappa shape index (κ3) is 6.16. The second-order valence-corrected chi connectivity index (χ2v) is 8.52. The van der Waals surface area contributed by atoms with Crippen LogP contribution in [0.1, 0.15) is 47.9 Å². The molecule has 4 aromatic rings. The zero-order valence-electron chi connectivity index (χ0n) is 20.1. The van der Waals surface area contributed by atoms with Gasteiger partial charge in [0, 0.05) is 47.9 Å². The molecule has 4 aromatic carbocycles. The molecule has 0 amide bonds. The molecule has 8 bridgehead atoms. The van der Waals surface area contributed by atoms with Crippen LogP contribution < -0.4 is 0 Å². The lowest BCUT2D eigenvalue weighted by molar-refractivity contribution is 1.12. The molecule has 0 spiro atoms. The summed E-state index contributed by atoms with van der Waals surface area (Å²) in [5.41, 5.74) is 8.79. The van der Waals surface area contributed by atoms with Crippen LogP contribution in [-0.4, -0.2) is 0 Å². The van der Waals surface area contributed by atoms with E-state index in [1.54, 1.807) is 0 Å². The zero-order chi connectivity index (χ0) is 24.4. The van der Waals surface area contributed by atoms with Crippen LogP contribution in [0.5, 0.6) is 0 Å². The summed E-state index contributed by atoms with van der Waals surface area (Å²) in [6.07, 6.45) is 3.02. The van der Waals surface area contributed by atoms with Crippen LogP contribution in [0.25, 0.3) is 22.3 Å². The van der Waals surface area contributed by atoms with Gasteiger partial charge in [0.2, 0.25) is 0 Å². The summed E-state index contributed by atoms with van der Waals surface area (Å²) in [6, 6.07) is 33.6. The van der Waals surface area contributed by atoms with Gasteiger partial charge in [0.15, 0.2) is 0 Å².